The second kappa shape index (κ2) is 6.29. The molecule has 2 aromatic carbocycles. The number of hydrogen-bond acceptors (Lipinski definition) is 4. The fourth-order valence-electron chi connectivity index (χ4n) is 2.62. The van der Waals surface area contributed by atoms with Crippen molar-refractivity contribution in [3.63, 3.8) is 0 Å². The molecule has 4 rings (SSSR count). The highest BCUT2D eigenvalue weighted by Gasteiger charge is 2.13. The van der Waals surface area contributed by atoms with E-state index in [-0.39, 0.29) is 5.56 Å². The molecule has 1 N–H and O–H groups in total. The van der Waals surface area contributed by atoms with E-state index >= 15 is 0 Å². The normalized spacial score (nSPS) is 10.8. The van der Waals surface area contributed by atoms with Crippen molar-refractivity contribution < 1.29 is 0 Å². The largest absolute Gasteiger partial charge is 0.317 e. The Morgan fingerprint density at radius 2 is 1.75 bits per heavy atom. The first kappa shape index (κ1) is 14.7. The summed E-state index contributed by atoms with van der Waals surface area (Å²) in [5.41, 5.74) is 4.96. The average molecular weight is 333 g/mol. The number of nitrogens with one attached hydrogen (secondary N) is 1. The Kier molecular flexibility index (Phi) is 3.84. The van der Waals surface area contributed by atoms with Gasteiger partial charge in [0.1, 0.15) is 0 Å². The van der Waals surface area contributed by atoms with Gasteiger partial charge in [0, 0.05) is 0 Å². The molecule has 0 atom stereocenters. The van der Waals surface area contributed by atoms with Gasteiger partial charge in [0.2, 0.25) is 0 Å². The zero-order valence-corrected chi connectivity index (χ0v) is 13.7. The number of benzene rings is 2. The molecule has 5 heteroatoms. The van der Waals surface area contributed by atoms with Gasteiger partial charge in [0.05, 0.1) is 22.3 Å². The Hall–Kier alpha value is -2.92. The standard InChI is InChI=1S/C19H15N3OS/c23-19-15-9-4-5-10-16(15)21-18(17-11-6-12-24-17)22(19)20-13-14-7-2-1-3-8-14/h1-12,20H,13H2. The molecule has 24 heavy (non-hydrogen) atoms. The Bertz CT molecular complexity index is 1020. The highest BCUT2D eigenvalue weighted by Crippen LogP contribution is 2.23. The molecular formula is C19H15N3OS. The van der Waals surface area contributed by atoms with E-state index in [0.717, 1.165) is 10.4 Å². The van der Waals surface area contributed by atoms with Crippen molar-refractivity contribution >= 4 is 22.2 Å². The zero-order valence-electron chi connectivity index (χ0n) is 12.8. The van der Waals surface area contributed by atoms with Crippen molar-refractivity contribution in [2.75, 3.05) is 5.43 Å². The highest BCUT2D eigenvalue weighted by molar-refractivity contribution is 7.13. The summed E-state index contributed by atoms with van der Waals surface area (Å²) in [4.78, 5) is 18.6. The SMILES string of the molecule is O=c1c2ccccc2nc(-c2cccs2)n1NCc1ccccc1. The van der Waals surface area contributed by atoms with Gasteiger partial charge in [0.15, 0.2) is 5.82 Å². The number of para-hydroxylation sites is 1. The molecule has 0 bridgehead atoms. The van der Waals surface area contributed by atoms with Crippen LogP contribution in [0.5, 0.6) is 0 Å². The lowest BCUT2D eigenvalue weighted by molar-refractivity contribution is 0.803. The first-order chi connectivity index (χ1) is 11.8. The lowest BCUT2D eigenvalue weighted by Crippen LogP contribution is -2.31. The summed E-state index contributed by atoms with van der Waals surface area (Å²) in [5.74, 6) is 0.643. The van der Waals surface area contributed by atoms with Crippen molar-refractivity contribution in [2.45, 2.75) is 6.54 Å². The third-order valence-electron chi connectivity index (χ3n) is 3.80. The smallest absolute Gasteiger partial charge is 0.280 e. The maximum absolute atomic E-state index is 12.9. The Morgan fingerprint density at radius 1 is 0.958 bits per heavy atom. The van der Waals surface area contributed by atoms with Gasteiger partial charge in [-0.05, 0) is 29.1 Å². The lowest BCUT2D eigenvalue weighted by atomic mass is 10.2. The molecule has 4 aromatic rings. The summed E-state index contributed by atoms with van der Waals surface area (Å²) in [6.45, 7) is 0.555. The predicted molar refractivity (Wildman–Crippen MR) is 98.8 cm³/mol. The molecule has 0 radical (unpaired) electrons. The number of aromatic nitrogens is 2. The molecular weight excluding hydrogens is 318 g/mol. The number of nitrogens with zero attached hydrogens (tertiary/aromatic N) is 2. The van der Waals surface area contributed by atoms with E-state index in [2.05, 4.69) is 5.43 Å². The highest BCUT2D eigenvalue weighted by atomic mass is 32.1. The van der Waals surface area contributed by atoms with Crippen LogP contribution in [0.4, 0.5) is 0 Å². The summed E-state index contributed by atoms with van der Waals surface area (Å²) in [7, 11) is 0. The number of hydrogen-bond donors (Lipinski definition) is 1. The molecule has 0 fully saturated rings. The van der Waals surface area contributed by atoms with E-state index in [0.29, 0.717) is 23.3 Å². The van der Waals surface area contributed by atoms with Crippen LogP contribution < -0.4 is 11.0 Å². The summed E-state index contributed by atoms with van der Waals surface area (Å²) in [5, 5.41) is 2.59. The van der Waals surface area contributed by atoms with Gasteiger partial charge in [-0.25, -0.2) is 9.66 Å². The first-order valence-electron chi connectivity index (χ1n) is 7.66. The molecule has 0 saturated heterocycles. The lowest BCUT2D eigenvalue weighted by Gasteiger charge is -2.14. The van der Waals surface area contributed by atoms with E-state index < -0.39 is 0 Å². The minimum Gasteiger partial charge on any atom is -0.317 e. The fraction of sp³-hybridized carbons (Fsp3) is 0.0526. The minimum atomic E-state index is -0.0834. The maximum Gasteiger partial charge on any atom is 0.280 e. The topological polar surface area (TPSA) is 46.9 Å². The van der Waals surface area contributed by atoms with Crippen molar-refractivity contribution in [3.05, 3.63) is 88.0 Å². The molecule has 0 aliphatic heterocycles. The fourth-order valence-corrected chi connectivity index (χ4v) is 3.32. The number of rotatable bonds is 4. The molecule has 0 spiro atoms. The number of thiophene rings is 1. The number of fused-ring (bicyclic) bond motifs is 1. The Balaban J connectivity index is 1.84. The van der Waals surface area contributed by atoms with Crippen LogP contribution in [0.2, 0.25) is 0 Å². The van der Waals surface area contributed by atoms with Crippen LogP contribution in [-0.4, -0.2) is 9.66 Å². The van der Waals surface area contributed by atoms with E-state index in [9.17, 15) is 4.79 Å². The van der Waals surface area contributed by atoms with Gasteiger partial charge in [-0.15, -0.1) is 11.3 Å². The molecule has 118 valence electrons. The molecule has 0 saturated carbocycles. The minimum absolute atomic E-state index is 0.0834. The summed E-state index contributed by atoms with van der Waals surface area (Å²) >= 11 is 1.57. The Morgan fingerprint density at radius 3 is 2.54 bits per heavy atom. The molecule has 0 amide bonds. The third kappa shape index (κ3) is 2.70. The molecule has 0 aliphatic carbocycles. The van der Waals surface area contributed by atoms with Gasteiger partial charge in [-0.2, -0.15) is 0 Å². The first-order valence-corrected chi connectivity index (χ1v) is 8.54. The van der Waals surface area contributed by atoms with Gasteiger partial charge in [-0.1, -0.05) is 48.5 Å². The monoisotopic (exact) mass is 333 g/mol. The Labute approximate surface area is 143 Å². The molecule has 0 unspecified atom stereocenters. The quantitative estimate of drug-likeness (QED) is 0.617. The van der Waals surface area contributed by atoms with E-state index in [4.69, 9.17) is 4.98 Å². The molecule has 4 nitrogen and oxygen atoms in total. The van der Waals surface area contributed by atoms with Crippen molar-refractivity contribution in [1.29, 1.82) is 0 Å². The average Bonchev–Trinajstić information content (AvgIpc) is 3.16. The predicted octanol–water partition coefficient (Wildman–Crippen LogP) is 3.87. The third-order valence-corrected chi connectivity index (χ3v) is 4.67. The van der Waals surface area contributed by atoms with Crippen LogP contribution in [0, 0.1) is 0 Å². The second-order valence-corrected chi connectivity index (χ2v) is 6.34. The van der Waals surface area contributed by atoms with Gasteiger partial charge >= 0.3 is 0 Å². The second-order valence-electron chi connectivity index (χ2n) is 5.39. The van der Waals surface area contributed by atoms with Crippen LogP contribution in [0.15, 0.2) is 76.9 Å². The molecule has 0 aliphatic rings. The van der Waals surface area contributed by atoms with Crippen molar-refractivity contribution in [3.8, 4) is 10.7 Å². The zero-order chi connectivity index (χ0) is 16.4. The van der Waals surface area contributed by atoms with Crippen LogP contribution >= 0.6 is 11.3 Å². The maximum atomic E-state index is 12.9. The summed E-state index contributed by atoms with van der Waals surface area (Å²) in [6, 6.07) is 21.4. The van der Waals surface area contributed by atoms with Crippen molar-refractivity contribution in [2.24, 2.45) is 0 Å². The summed E-state index contributed by atoms with van der Waals surface area (Å²) in [6.07, 6.45) is 0. The van der Waals surface area contributed by atoms with Crippen molar-refractivity contribution in [1.82, 2.24) is 9.66 Å². The summed E-state index contributed by atoms with van der Waals surface area (Å²) < 4.78 is 1.56. The van der Waals surface area contributed by atoms with Crippen LogP contribution in [-0.2, 0) is 6.54 Å². The van der Waals surface area contributed by atoms with Gasteiger partial charge in [0.25, 0.3) is 5.56 Å². The molecule has 2 heterocycles. The van der Waals surface area contributed by atoms with E-state index in [1.165, 1.54) is 0 Å². The van der Waals surface area contributed by atoms with Gasteiger partial charge < -0.3 is 5.43 Å². The van der Waals surface area contributed by atoms with Crippen LogP contribution in [0.25, 0.3) is 21.6 Å². The van der Waals surface area contributed by atoms with Gasteiger partial charge in [-0.3, -0.25) is 4.79 Å². The molecule has 2 aromatic heterocycles. The van der Waals surface area contributed by atoms with Crippen LogP contribution in [0.1, 0.15) is 5.56 Å². The van der Waals surface area contributed by atoms with Crippen LogP contribution in [0.3, 0.4) is 0 Å². The van der Waals surface area contributed by atoms with E-state index in [1.807, 2.05) is 72.1 Å². The van der Waals surface area contributed by atoms with E-state index in [1.54, 1.807) is 16.0 Å².